The van der Waals surface area contributed by atoms with Crippen LogP contribution < -0.4 is 10.5 Å². The van der Waals surface area contributed by atoms with Gasteiger partial charge in [-0.3, -0.25) is 0 Å². The first kappa shape index (κ1) is 17.1. The monoisotopic (exact) mass is 342 g/mol. The fraction of sp³-hybridized carbons (Fsp3) is 0.455. The zero-order valence-electron chi connectivity index (χ0n) is 10.6. The minimum absolute atomic E-state index is 0.00678. The fourth-order valence-corrected chi connectivity index (χ4v) is 3.78. The van der Waals surface area contributed by atoms with Gasteiger partial charge in [-0.1, -0.05) is 30.1 Å². The molecule has 8 heteroatoms. The van der Waals surface area contributed by atoms with E-state index in [4.69, 9.17) is 28.9 Å². The Kier molecular flexibility index (Phi) is 6.42. The van der Waals surface area contributed by atoms with E-state index in [0.717, 1.165) is 0 Å². The van der Waals surface area contributed by atoms with E-state index in [2.05, 4.69) is 4.72 Å². The van der Waals surface area contributed by atoms with Crippen molar-refractivity contribution in [1.82, 2.24) is 4.72 Å². The highest BCUT2D eigenvalue weighted by Crippen LogP contribution is 2.30. The Morgan fingerprint density at radius 3 is 2.58 bits per heavy atom. The highest BCUT2D eigenvalue weighted by atomic mass is 35.5. The van der Waals surface area contributed by atoms with Crippen LogP contribution in [0.4, 0.5) is 0 Å². The number of nitrogens with two attached hydrogens (primary N) is 1. The third-order valence-corrected chi connectivity index (χ3v) is 5.94. The smallest absolute Gasteiger partial charge is 0.242 e. The highest BCUT2D eigenvalue weighted by molar-refractivity contribution is 7.99. The Morgan fingerprint density at radius 2 is 2.05 bits per heavy atom. The first-order chi connectivity index (χ1) is 8.83. The molecule has 0 radical (unpaired) electrons. The van der Waals surface area contributed by atoms with Gasteiger partial charge < -0.3 is 5.73 Å². The Hall–Kier alpha value is 0.0200. The molecule has 1 aromatic carbocycles. The van der Waals surface area contributed by atoms with Gasteiger partial charge in [0.1, 0.15) is 4.90 Å². The first-order valence-electron chi connectivity index (χ1n) is 5.53. The van der Waals surface area contributed by atoms with Gasteiger partial charge in [-0.15, -0.1) is 0 Å². The van der Waals surface area contributed by atoms with Gasteiger partial charge >= 0.3 is 0 Å². The molecule has 0 amide bonds. The summed E-state index contributed by atoms with van der Waals surface area (Å²) < 4.78 is 26.8. The van der Waals surface area contributed by atoms with Crippen molar-refractivity contribution in [1.29, 1.82) is 0 Å². The Labute approximate surface area is 128 Å². The van der Waals surface area contributed by atoms with Crippen molar-refractivity contribution in [2.75, 3.05) is 12.8 Å². The van der Waals surface area contributed by atoms with Crippen molar-refractivity contribution in [2.45, 2.75) is 23.6 Å². The molecule has 3 N–H and O–H groups in total. The zero-order valence-corrected chi connectivity index (χ0v) is 13.8. The molecule has 1 atom stereocenters. The number of thioether (sulfide) groups is 1. The van der Waals surface area contributed by atoms with Gasteiger partial charge in [0.05, 0.1) is 5.02 Å². The van der Waals surface area contributed by atoms with Crippen molar-refractivity contribution < 1.29 is 8.42 Å². The number of nitrogens with one attached hydrogen (secondary N) is 1. The molecule has 0 saturated carbocycles. The van der Waals surface area contributed by atoms with Crippen LogP contribution in [0.3, 0.4) is 0 Å². The number of hydrogen-bond donors (Lipinski definition) is 2. The van der Waals surface area contributed by atoms with Crippen LogP contribution in [0.1, 0.15) is 12.5 Å². The van der Waals surface area contributed by atoms with Gasteiger partial charge in [0, 0.05) is 28.9 Å². The second-order valence-electron chi connectivity index (χ2n) is 3.94. The van der Waals surface area contributed by atoms with E-state index in [1.807, 2.05) is 13.2 Å². The Bertz CT molecular complexity index is 550. The van der Waals surface area contributed by atoms with Crippen LogP contribution in [-0.2, 0) is 16.6 Å². The van der Waals surface area contributed by atoms with Crippen LogP contribution in [0.25, 0.3) is 0 Å². The predicted molar refractivity (Wildman–Crippen MR) is 82.5 cm³/mol. The van der Waals surface area contributed by atoms with Gasteiger partial charge in [0.2, 0.25) is 10.0 Å². The van der Waals surface area contributed by atoms with Crippen molar-refractivity contribution >= 4 is 45.0 Å². The molecule has 0 fully saturated rings. The molecule has 1 unspecified atom stereocenters. The van der Waals surface area contributed by atoms with Gasteiger partial charge in [-0.2, -0.15) is 11.8 Å². The molecule has 0 spiro atoms. The normalized spacial score (nSPS) is 13.5. The highest BCUT2D eigenvalue weighted by Gasteiger charge is 2.21. The lowest BCUT2D eigenvalue weighted by atomic mass is 10.2. The summed E-state index contributed by atoms with van der Waals surface area (Å²) in [6.45, 7) is 2.35. The van der Waals surface area contributed by atoms with Gasteiger partial charge in [-0.05, 0) is 18.4 Å². The number of sulfonamides is 1. The summed E-state index contributed by atoms with van der Waals surface area (Å²) in [5, 5.41) is 0.623. The van der Waals surface area contributed by atoms with E-state index >= 15 is 0 Å². The van der Waals surface area contributed by atoms with Crippen LogP contribution in [-0.4, -0.2) is 26.5 Å². The maximum Gasteiger partial charge on any atom is 0.242 e. The molecule has 0 saturated heterocycles. The molecule has 1 aromatic rings. The zero-order chi connectivity index (χ0) is 14.6. The van der Waals surface area contributed by atoms with E-state index in [-0.39, 0.29) is 21.7 Å². The summed E-state index contributed by atoms with van der Waals surface area (Å²) in [6.07, 6.45) is 1.92. The van der Waals surface area contributed by atoms with Crippen LogP contribution >= 0.6 is 35.0 Å². The lowest BCUT2D eigenvalue weighted by Gasteiger charge is -2.13. The summed E-state index contributed by atoms with van der Waals surface area (Å²) in [7, 11) is -3.65. The van der Waals surface area contributed by atoms with Crippen molar-refractivity contribution in [3.8, 4) is 0 Å². The molecular weight excluding hydrogens is 327 g/mol. The molecule has 4 nitrogen and oxygen atoms in total. The Morgan fingerprint density at radius 1 is 1.42 bits per heavy atom. The predicted octanol–water partition coefficient (Wildman–Crippen LogP) is 2.48. The molecule has 19 heavy (non-hydrogen) atoms. The summed E-state index contributed by atoms with van der Waals surface area (Å²) in [5.74, 6) is 0. The topological polar surface area (TPSA) is 72.2 Å². The van der Waals surface area contributed by atoms with E-state index in [9.17, 15) is 8.42 Å². The van der Waals surface area contributed by atoms with E-state index in [0.29, 0.717) is 17.1 Å². The van der Waals surface area contributed by atoms with Gasteiger partial charge in [0.15, 0.2) is 0 Å². The molecule has 0 aromatic heterocycles. The molecule has 108 valence electrons. The third kappa shape index (κ3) is 4.24. The molecular formula is C11H16Cl2N2O2S2. The molecule has 0 heterocycles. The van der Waals surface area contributed by atoms with Crippen molar-refractivity contribution in [3.63, 3.8) is 0 Å². The van der Waals surface area contributed by atoms with Crippen LogP contribution in [0.15, 0.2) is 17.0 Å². The van der Waals surface area contributed by atoms with E-state index in [1.54, 1.807) is 11.8 Å². The minimum Gasteiger partial charge on any atom is -0.326 e. The maximum atomic E-state index is 12.2. The Balaban J connectivity index is 3.09. The second-order valence-corrected chi connectivity index (χ2v) is 7.74. The standard InChI is InChI=1S/C11H16Cl2N2O2S2/c1-7(18-2)6-15-19(16,17)10-4-3-9(12)8(5-14)11(10)13/h3-4,7,15H,5-6,14H2,1-2H3. The number of hydrogen-bond acceptors (Lipinski definition) is 4. The largest absolute Gasteiger partial charge is 0.326 e. The minimum atomic E-state index is -3.65. The molecule has 0 aliphatic heterocycles. The van der Waals surface area contributed by atoms with Crippen LogP contribution in [0.2, 0.25) is 10.0 Å². The van der Waals surface area contributed by atoms with E-state index < -0.39 is 10.0 Å². The first-order valence-corrected chi connectivity index (χ1v) is 9.05. The van der Waals surface area contributed by atoms with Crippen LogP contribution in [0, 0.1) is 0 Å². The number of halogens is 2. The lowest BCUT2D eigenvalue weighted by molar-refractivity contribution is 0.581. The van der Waals surface area contributed by atoms with Crippen molar-refractivity contribution in [2.24, 2.45) is 5.73 Å². The summed E-state index contributed by atoms with van der Waals surface area (Å²) >= 11 is 13.6. The SMILES string of the molecule is CSC(C)CNS(=O)(=O)c1ccc(Cl)c(CN)c1Cl. The average molecular weight is 343 g/mol. The third-order valence-electron chi connectivity index (χ3n) is 2.61. The fourth-order valence-electron chi connectivity index (χ4n) is 1.36. The summed E-state index contributed by atoms with van der Waals surface area (Å²) in [6, 6.07) is 2.87. The van der Waals surface area contributed by atoms with Gasteiger partial charge in [0.25, 0.3) is 0 Å². The molecule has 0 aliphatic carbocycles. The summed E-state index contributed by atoms with van der Waals surface area (Å²) in [5.41, 5.74) is 5.95. The average Bonchev–Trinajstić information content (AvgIpc) is 2.36. The van der Waals surface area contributed by atoms with Crippen molar-refractivity contribution in [3.05, 3.63) is 27.7 Å². The summed E-state index contributed by atoms with van der Waals surface area (Å²) in [4.78, 5) is 0.00678. The number of rotatable bonds is 6. The molecule has 1 rings (SSSR count). The quantitative estimate of drug-likeness (QED) is 0.832. The lowest BCUT2D eigenvalue weighted by Crippen LogP contribution is -2.29. The van der Waals surface area contributed by atoms with Crippen LogP contribution in [0.5, 0.6) is 0 Å². The molecule has 0 aliphatic rings. The van der Waals surface area contributed by atoms with E-state index in [1.165, 1.54) is 12.1 Å². The maximum absolute atomic E-state index is 12.2. The van der Waals surface area contributed by atoms with Gasteiger partial charge in [-0.25, -0.2) is 13.1 Å². The number of benzene rings is 1. The second kappa shape index (κ2) is 7.15. The molecule has 0 bridgehead atoms.